The molecular formula is C16H18F2N4O2. The fourth-order valence-electron chi connectivity index (χ4n) is 2.87. The molecule has 0 bridgehead atoms. The van der Waals surface area contributed by atoms with E-state index in [1.54, 1.807) is 25.3 Å². The second-order valence-corrected chi connectivity index (χ2v) is 5.85. The third-order valence-corrected chi connectivity index (χ3v) is 4.17. The summed E-state index contributed by atoms with van der Waals surface area (Å²) in [5.74, 6) is -3.23. The van der Waals surface area contributed by atoms with Gasteiger partial charge in [-0.15, -0.1) is 5.10 Å². The third kappa shape index (κ3) is 3.52. The van der Waals surface area contributed by atoms with Gasteiger partial charge in [0.2, 0.25) is 5.91 Å². The van der Waals surface area contributed by atoms with E-state index in [9.17, 15) is 13.6 Å². The van der Waals surface area contributed by atoms with Crippen molar-refractivity contribution in [1.29, 1.82) is 0 Å². The zero-order valence-electron chi connectivity index (χ0n) is 13.2. The van der Waals surface area contributed by atoms with Gasteiger partial charge in [0.1, 0.15) is 5.75 Å². The molecule has 3 rings (SSSR count). The molecule has 6 nitrogen and oxygen atoms in total. The van der Waals surface area contributed by atoms with Crippen LogP contribution in [-0.4, -0.2) is 33.9 Å². The molecule has 2 aromatic rings. The van der Waals surface area contributed by atoms with E-state index in [4.69, 9.17) is 4.74 Å². The Morgan fingerprint density at radius 1 is 1.50 bits per heavy atom. The lowest BCUT2D eigenvalue weighted by molar-refractivity contribution is -0.120. The van der Waals surface area contributed by atoms with Crippen LogP contribution in [-0.2, 0) is 4.79 Å². The maximum Gasteiger partial charge on any atom is 0.251 e. The lowest BCUT2D eigenvalue weighted by Gasteiger charge is -2.17. The number of hydrogen-bond acceptors (Lipinski definition) is 4. The molecule has 8 heteroatoms. The zero-order chi connectivity index (χ0) is 17.2. The standard InChI is InChI=1S/C16H18F2N4O2/c1-24-13-6-2-5-12(9-13)22-10-14(20-21-22)19-15(23)8-11-4-3-7-16(11,17)18/h2,5-6,9-11H,3-4,7-8H2,1H3,(H,19,23). The number of carbonyl (C=O) groups is 1. The van der Waals surface area contributed by atoms with Gasteiger partial charge in [0, 0.05) is 24.8 Å². The molecule has 1 heterocycles. The molecule has 0 radical (unpaired) electrons. The normalized spacial score (nSPS) is 19.2. The first-order valence-corrected chi connectivity index (χ1v) is 7.72. The van der Waals surface area contributed by atoms with Gasteiger partial charge in [-0.2, -0.15) is 0 Å². The van der Waals surface area contributed by atoms with Gasteiger partial charge in [-0.05, 0) is 25.0 Å². The molecule has 1 fully saturated rings. The monoisotopic (exact) mass is 336 g/mol. The van der Waals surface area contributed by atoms with E-state index in [-0.39, 0.29) is 18.7 Å². The number of alkyl halides is 2. The molecule has 0 saturated heterocycles. The van der Waals surface area contributed by atoms with Gasteiger partial charge in [0.25, 0.3) is 5.92 Å². The molecule has 0 spiro atoms. The number of rotatable bonds is 5. The van der Waals surface area contributed by atoms with Gasteiger partial charge in [0.15, 0.2) is 5.82 Å². The average molecular weight is 336 g/mol. The first kappa shape index (κ1) is 16.4. The molecule has 1 saturated carbocycles. The summed E-state index contributed by atoms with van der Waals surface area (Å²) in [6.07, 6.45) is 2.00. The van der Waals surface area contributed by atoms with Gasteiger partial charge in [-0.1, -0.05) is 11.3 Å². The largest absolute Gasteiger partial charge is 0.497 e. The number of benzene rings is 1. The van der Waals surface area contributed by atoms with Crippen LogP contribution in [0.2, 0.25) is 0 Å². The highest BCUT2D eigenvalue weighted by atomic mass is 19.3. The van der Waals surface area contributed by atoms with Crippen LogP contribution in [0.25, 0.3) is 5.69 Å². The van der Waals surface area contributed by atoms with Crippen molar-refractivity contribution in [2.24, 2.45) is 5.92 Å². The first-order valence-electron chi connectivity index (χ1n) is 7.72. The van der Waals surface area contributed by atoms with Crippen molar-refractivity contribution in [3.8, 4) is 11.4 Å². The number of anilines is 1. The molecule has 1 atom stereocenters. The summed E-state index contributed by atoms with van der Waals surface area (Å²) < 4.78 is 33.8. The highest BCUT2D eigenvalue weighted by Crippen LogP contribution is 2.42. The molecule has 0 aliphatic heterocycles. The lowest BCUT2D eigenvalue weighted by atomic mass is 10.0. The van der Waals surface area contributed by atoms with E-state index in [0.717, 1.165) is 0 Å². The molecule has 1 aromatic heterocycles. The lowest BCUT2D eigenvalue weighted by Crippen LogP contribution is -2.26. The average Bonchev–Trinajstić information content (AvgIpc) is 3.14. The predicted molar refractivity (Wildman–Crippen MR) is 83.4 cm³/mol. The quantitative estimate of drug-likeness (QED) is 0.911. The van der Waals surface area contributed by atoms with Crippen LogP contribution in [0.5, 0.6) is 5.75 Å². The fourth-order valence-corrected chi connectivity index (χ4v) is 2.87. The number of ether oxygens (including phenoxy) is 1. The number of aromatic nitrogens is 3. The smallest absolute Gasteiger partial charge is 0.251 e. The second kappa shape index (κ2) is 6.54. The minimum Gasteiger partial charge on any atom is -0.497 e. The van der Waals surface area contributed by atoms with Crippen molar-refractivity contribution >= 4 is 11.7 Å². The van der Waals surface area contributed by atoms with E-state index in [1.807, 2.05) is 6.07 Å². The Morgan fingerprint density at radius 2 is 2.33 bits per heavy atom. The van der Waals surface area contributed by atoms with E-state index in [0.29, 0.717) is 24.3 Å². The Kier molecular flexibility index (Phi) is 4.46. The Balaban J connectivity index is 1.64. The molecule has 1 amide bonds. The number of amides is 1. The minimum atomic E-state index is -2.75. The van der Waals surface area contributed by atoms with Crippen LogP contribution in [0, 0.1) is 5.92 Å². The van der Waals surface area contributed by atoms with Gasteiger partial charge < -0.3 is 10.1 Å². The Labute approximate surface area is 137 Å². The molecule has 24 heavy (non-hydrogen) atoms. The van der Waals surface area contributed by atoms with Crippen LogP contribution in [0.15, 0.2) is 30.5 Å². The van der Waals surface area contributed by atoms with Crippen molar-refractivity contribution in [2.75, 3.05) is 12.4 Å². The van der Waals surface area contributed by atoms with E-state index >= 15 is 0 Å². The molecule has 1 aromatic carbocycles. The first-order chi connectivity index (χ1) is 11.5. The van der Waals surface area contributed by atoms with Crippen molar-refractivity contribution in [3.05, 3.63) is 30.5 Å². The molecule has 1 N–H and O–H groups in total. The summed E-state index contributed by atoms with van der Waals surface area (Å²) in [5.41, 5.74) is 0.713. The summed E-state index contributed by atoms with van der Waals surface area (Å²) in [5, 5.41) is 10.3. The van der Waals surface area contributed by atoms with Crippen molar-refractivity contribution < 1.29 is 18.3 Å². The van der Waals surface area contributed by atoms with Gasteiger partial charge in [-0.3, -0.25) is 4.79 Å². The van der Waals surface area contributed by atoms with Gasteiger partial charge in [0.05, 0.1) is 19.0 Å². The van der Waals surface area contributed by atoms with Crippen LogP contribution >= 0.6 is 0 Å². The number of nitrogens with zero attached hydrogens (tertiary/aromatic N) is 3. The third-order valence-electron chi connectivity index (χ3n) is 4.17. The number of nitrogens with one attached hydrogen (secondary N) is 1. The number of hydrogen-bond donors (Lipinski definition) is 1. The number of halogens is 2. The van der Waals surface area contributed by atoms with Crippen molar-refractivity contribution in [1.82, 2.24) is 15.0 Å². The van der Waals surface area contributed by atoms with Crippen molar-refractivity contribution in [2.45, 2.75) is 31.6 Å². The fraction of sp³-hybridized carbons (Fsp3) is 0.438. The van der Waals surface area contributed by atoms with E-state index in [1.165, 1.54) is 10.9 Å². The molecular weight excluding hydrogens is 318 g/mol. The summed E-state index contributed by atoms with van der Waals surface area (Å²) in [6.45, 7) is 0. The highest BCUT2D eigenvalue weighted by Gasteiger charge is 2.44. The second-order valence-electron chi connectivity index (χ2n) is 5.85. The predicted octanol–water partition coefficient (Wildman–Crippen LogP) is 3.04. The zero-order valence-corrected chi connectivity index (χ0v) is 13.2. The molecule has 1 aliphatic carbocycles. The Morgan fingerprint density at radius 3 is 3.04 bits per heavy atom. The van der Waals surface area contributed by atoms with E-state index in [2.05, 4.69) is 15.6 Å². The minimum absolute atomic E-state index is 0.142. The summed E-state index contributed by atoms with van der Waals surface area (Å²) in [4.78, 5) is 12.0. The van der Waals surface area contributed by atoms with Gasteiger partial charge >= 0.3 is 0 Å². The highest BCUT2D eigenvalue weighted by molar-refractivity contribution is 5.89. The molecule has 1 unspecified atom stereocenters. The number of carbonyl (C=O) groups excluding carboxylic acids is 1. The molecule has 1 aliphatic rings. The maximum absolute atomic E-state index is 13.6. The Bertz CT molecular complexity index is 732. The SMILES string of the molecule is COc1cccc(-n2cc(NC(=O)CC3CCCC3(F)F)nn2)c1. The van der Waals surface area contributed by atoms with Crippen LogP contribution < -0.4 is 10.1 Å². The molecule has 128 valence electrons. The summed E-state index contributed by atoms with van der Waals surface area (Å²) in [6, 6.07) is 7.17. The van der Waals surface area contributed by atoms with Crippen LogP contribution in [0.1, 0.15) is 25.7 Å². The Hall–Kier alpha value is -2.51. The number of methoxy groups -OCH3 is 1. The summed E-state index contributed by atoms with van der Waals surface area (Å²) >= 11 is 0. The van der Waals surface area contributed by atoms with Crippen molar-refractivity contribution in [3.63, 3.8) is 0 Å². The van der Waals surface area contributed by atoms with E-state index < -0.39 is 17.7 Å². The van der Waals surface area contributed by atoms with Gasteiger partial charge in [-0.25, -0.2) is 13.5 Å². The van der Waals surface area contributed by atoms with Crippen LogP contribution in [0.4, 0.5) is 14.6 Å². The topological polar surface area (TPSA) is 69.0 Å². The summed E-state index contributed by atoms with van der Waals surface area (Å²) in [7, 11) is 1.56. The maximum atomic E-state index is 13.6. The van der Waals surface area contributed by atoms with Crippen LogP contribution in [0.3, 0.4) is 0 Å².